The molecule has 1 saturated heterocycles. The predicted octanol–water partition coefficient (Wildman–Crippen LogP) is 2.21. The van der Waals surface area contributed by atoms with Gasteiger partial charge in [0, 0.05) is 22.5 Å². The minimum Gasteiger partial charge on any atom is -0.395 e. The molecule has 4 nitrogen and oxygen atoms in total. The highest BCUT2D eigenvalue weighted by Crippen LogP contribution is 2.22. The van der Waals surface area contributed by atoms with Gasteiger partial charge in [-0.15, -0.1) is 0 Å². The van der Waals surface area contributed by atoms with Crippen molar-refractivity contribution in [3.63, 3.8) is 0 Å². The van der Waals surface area contributed by atoms with Crippen molar-refractivity contribution in [3.05, 3.63) is 39.7 Å². The molecule has 0 aliphatic carbocycles. The Morgan fingerprint density at radius 2 is 2.05 bits per heavy atom. The predicted molar refractivity (Wildman–Crippen MR) is 78.9 cm³/mol. The highest BCUT2D eigenvalue weighted by Gasteiger charge is 2.31. The smallest absolute Gasteiger partial charge is 0.236 e. The molecule has 0 radical (unpaired) electrons. The Labute approximate surface area is 121 Å². The summed E-state index contributed by atoms with van der Waals surface area (Å²) in [6, 6.07) is 7.12. The van der Waals surface area contributed by atoms with Crippen molar-refractivity contribution in [2.45, 2.75) is 18.9 Å². The van der Waals surface area contributed by atoms with E-state index < -0.39 is 10.0 Å². The van der Waals surface area contributed by atoms with Crippen LogP contribution in [0.3, 0.4) is 0 Å². The molecule has 1 aromatic rings. The van der Waals surface area contributed by atoms with Gasteiger partial charge in [0.15, 0.2) is 0 Å². The SMILES string of the molecule is O=S(=O)(/C=C/c1ccc(Br)cc1)N1CCC[C@@H]1CO. The van der Waals surface area contributed by atoms with Gasteiger partial charge in [-0.1, -0.05) is 28.1 Å². The number of hydrogen-bond acceptors (Lipinski definition) is 3. The molecule has 1 N–H and O–H groups in total. The van der Waals surface area contributed by atoms with Crippen LogP contribution in [0.25, 0.3) is 6.08 Å². The number of hydrogen-bond donors (Lipinski definition) is 1. The first-order valence-corrected chi connectivity index (χ1v) is 8.39. The van der Waals surface area contributed by atoms with Gasteiger partial charge in [0.2, 0.25) is 10.0 Å². The third-order valence-electron chi connectivity index (χ3n) is 3.16. The molecule has 0 spiro atoms. The van der Waals surface area contributed by atoms with Crippen LogP contribution in [0, 0.1) is 0 Å². The lowest BCUT2D eigenvalue weighted by atomic mass is 10.2. The van der Waals surface area contributed by atoms with Gasteiger partial charge in [0.1, 0.15) is 0 Å². The van der Waals surface area contributed by atoms with E-state index in [9.17, 15) is 13.5 Å². The molecule has 19 heavy (non-hydrogen) atoms. The summed E-state index contributed by atoms with van der Waals surface area (Å²) >= 11 is 3.33. The average Bonchev–Trinajstić information content (AvgIpc) is 2.87. The second kappa shape index (κ2) is 6.17. The number of aliphatic hydroxyl groups is 1. The van der Waals surface area contributed by atoms with E-state index in [0.717, 1.165) is 22.9 Å². The van der Waals surface area contributed by atoms with E-state index in [-0.39, 0.29) is 12.6 Å². The van der Waals surface area contributed by atoms with E-state index in [1.54, 1.807) is 6.08 Å². The minimum atomic E-state index is -3.45. The van der Waals surface area contributed by atoms with Crippen LogP contribution < -0.4 is 0 Å². The lowest BCUT2D eigenvalue weighted by Gasteiger charge is -2.20. The third-order valence-corrected chi connectivity index (χ3v) is 5.31. The van der Waals surface area contributed by atoms with Crippen molar-refractivity contribution in [3.8, 4) is 0 Å². The van der Waals surface area contributed by atoms with E-state index in [1.807, 2.05) is 24.3 Å². The molecule has 0 bridgehead atoms. The number of rotatable bonds is 4. The molecule has 0 saturated carbocycles. The second-order valence-electron chi connectivity index (χ2n) is 4.49. The van der Waals surface area contributed by atoms with Gasteiger partial charge in [0.25, 0.3) is 0 Å². The van der Waals surface area contributed by atoms with Crippen molar-refractivity contribution < 1.29 is 13.5 Å². The fourth-order valence-electron chi connectivity index (χ4n) is 2.14. The van der Waals surface area contributed by atoms with E-state index in [2.05, 4.69) is 15.9 Å². The Kier molecular flexibility index (Phi) is 4.78. The molecule has 0 unspecified atom stereocenters. The molecule has 2 rings (SSSR count). The fraction of sp³-hybridized carbons (Fsp3) is 0.385. The summed E-state index contributed by atoms with van der Waals surface area (Å²) < 4.78 is 26.7. The molecular weight excluding hydrogens is 330 g/mol. The summed E-state index contributed by atoms with van der Waals surface area (Å²) in [4.78, 5) is 0. The summed E-state index contributed by atoms with van der Waals surface area (Å²) in [6.07, 6.45) is 3.10. The first-order valence-electron chi connectivity index (χ1n) is 6.09. The second-order valence-corrected chi connectivity index (χ2v) is 7.18. The quantitative estimate of drug-likeness (QED) is 0.909. The maximum absolute atomic E-state index is 12.2. The first kappa shape index (κ1) is 14.7. The Hall–Kier alpha value is -0.690. The molecule has 1 aliphatic rings. The summed E-state index contributed by atoms with van der Waals surface area (Å²) in [5.41, 5.74) is 0.825. The number of aliphatic hydroxyl groups excluding tert-OH is 1. The van der Waals surface area contributed by atoms with Gasteiger partial charge in [-0.3, -0.25) is 0 Å². The van der Waals surface area contributed by atoms with Gasteiger partial charge in [-0.25, -0.2) is 8.42 Å². The molecule has 6 heteroatoms. The molecule has 1 atom stereocenters. The van der Waals surface area contributed by atoms with Crippen LogP contribution in [0.5, 0.6) is 0 Å². The van der Waals surface area contributed by atoms with Crippen LogP contribution in [-0.2, 0) is 10.0 Å². The molecule has 1 heterocycles. The zero-order valence-corrected chi connectivity index (χ0v) is 12.8. The van der Waals surface area contributed by atoms with Crippen LogP contribution in [0.1, 0.15) is 18.4 Å². The third kappa shape index (κ3) is 3.66. The van der Waals surface area contributed by atoms with Gasteiger partial charge >= 0.3 is 0 Å². The van der Waals surface area contributed by atoms with E-state index >= 15 is 0 Å². The number of halogens is 1. The summed E-state index contributed by atoms with van der Waals surface area (Å²) in [7, 11) is -3.45. The van der Waals surface area contributed by atoms with Crippen molar-refractivity contribution >= 4 is 32.0 Å². The Morgan fingerprint density at radius 1 is 1.37 bits per heavy atom. The molecule has 1 aliphatic heterocycles. The van der Waals surface area contributed by atoms with Crippen LogP contribution >= 0.6 is 15.9 Å². The molecule has 1 fully saturated rings. The van der Waals surface area contributed by atoms with E-state index in [4.69, 9.17) is 0 Å². The summed E-state index contributed by atoms with van der Waals surface area (Å²) in [6.45, 7) is 0.365. The maximum atomic E-state index is 12.2. The highest BCUT2D eigenvalue weighted by molar-refractivity contribution is 9.10. The minimum absolute atomic E-state index is 0.120. The fourth-order valence-corrected chi connectivity index (χ4v) is 3.86. The summed E-state index contributed by atoms with van der Waals surface area (Å²) in [5.74, 6) is 0. The van der Waals surface area contributed by atoms with Crippen molar-refractivity contribution in [1.82, 2.24) is 4.31 Å². The first-order chi connectivity index (χ1) is 9.03. The van der Waals surface area contributed by atoms with Crippen molar-refractivity contribution in [1.29, 1.82) is 0 Å². The van der Waals surface area contributed by atoms with E-state index in [0.29, 0.717) is 6.54 Å². The monoisotopic (exact) mass is 345 g/mol. The summed E-state index contributed by atoms with van der Waals surface area (Å²) in [5, 5.41) is 10.4. The van der Waals surface area contributed by atoms with Gasteiger partial charge < -0.3 is 5.11 Å². The van der Waals surface area contributed by atoms with E-state index in [1.165, 1.54) is 9.71 Å². The van der Waals surface area contributed by atoms with Crippen LogP contribution in [0.2, 0.25) is 0 Å². The molecule has 0 amide bonds. The lowest BCUT2D eigenvalue weighted by molar-refractivity contribution is 0.214. The van der Waals surface area contributed by atoms with Crippen LogP contribution in [0.15, 0.2) is 34.1 Å². The maximum Gasteiger partial charge on any atom is 0.236 e. The Bertz CT molecular complexity index is 554. The zero-order valence-electron chi connectivity index (χ0n) is 10.4. The normalized spacial score (nSPS) is 21.3. The molecular formula is C13H16BrNO3S. The average molecular weight is 346 g/mol. The Morgan fingerprint density at radius 3 is 2.68 bits per heavy atom. The lowest BCUT2D eigenvalue weighted by Crippen LogP contribution is -2.36. The molecule has 104 valence electrons. The number of benzene rings is 1. The van der Waals surface area contributed by atoms with Gasteiger partial charge in [-0.05, 0) is 36.6 Å². The van der Waals surface area contributed by atoms with Gasteiger partial charge in [-0.2, -0.15) is 4.31 Å². The number of nitrogens with zero attached hydrogens (tertiary/aromatic N) is 1. The zero-order chi connectivity index (χ0) is 13.9. The van der Waals surface area contributed by atoms with Crippen LogP contribution in [-0.4, -0.2) is 37.0 Å². The molecule has 0 aromatic heterocycles. The largest absolute Gasteiger partial charge is 0.395 e. The highest BCUT2D eigenvalue weighted by atomic mass is 79.9. The number of sulfonamides is 1. The molecule has 1 aromatic carbocycles. The van der Waals surface area contributed by atoms with Crippen molar-refractivity contribution in [2.24, 2.45) is 0 Å². The van der Waals surface area contributed by atoms with Crippen molar-refractivity contribution in [2.75, 3.05) is 13.2 Å². The Balaban J connectivity index is 2.14. The van der Waals surface area contributed by atoms with Crippen LogP contribution in [0.4, 0.5) is 0 Å². The topological polar surface area (TPSA) is 57.6 Å². The standard InChI is InChI=1S/C13H16BrNO3S/c14-12-5-3-11(4-6-12)7-9-19(17,18)15-8-1-2-13(15)10-16/h3-7,9,13,16H,1-2,8,10H2/b9-7+/t13-/m1/s1. The van der Waals surface area contributed by atoms with Gasteiger partial charge in [0.05, 0.1) is 6.61 Å².